The molecule has 0 radical (unpaired) electrons. The summed E-state index contributed by atoms with van der Waals surface area (Å²) in [7, 11) is 1.71. The minimum atomic E-state index is 0.726. The van der Waals surface area contributed by atoms with Gasteiger partial charge >= 0.3 is 0 Å². The van der Waals surface area contributed by atoms with Crippen LogP contribution in [0.2, 0.25) is 0 Å². The summed E-state index contributed by atoms with van der Waals surface area (Å²) in [6.07, 6.45) is 1.82. The number of fused-ring (bicyclic) bond motifs is 1. The van der Waals surface area contributed by atoms with Crippen LogP contribution in [0.3, 0.4) is 0 Å². The highest BCUT2D eigenvalue weighted by molar-refractivity contribution is 5.81. The maximum absolute atomic E-state index is 5.57. The molecule has 1 heterocycles. The molecule has 3 nitrogen and oxygen atoms in total. The molecule has 0 aliphatic heterocycles. The second-order valence-corrected chi connectivity index (χ2v) is 5.20. The van der Waals surface area contributed by atoms with E-state index in [-0.39, 0.29) is 0 Å². The van der Waals surface area contributed by atoms with Crippen LogP contribution in [0, 0.1) is 13.8 Å². The van der Waals surface area contributed by atoms with E-state index in [1.807, 2.05) is 24.5 Å². The molecular weight excluding hydrogens is 262 g/mol. The van der Waals surface area contributed by atoms with Crippen LogP contribution in [0.4, 0.5) is 5.69 Å². The number of nitrogens with one attached hydrogen (secondary N) is 1. The number of rotatable bonds is 4. The van der Waals surface area contributed by atoms with E-state index in [0.29, 0.717) is 0 Å². The van der Waals surface area contributed by atoms with Gasteiger partial charge in [-0.3, -0.25) is 0 Å². The van der Waals surface area contributed by atoms with Gasteiger partial charge in [-0.1, -0.05) is 24.3 Å². The van der Waals surface area contributed by atoms with Crippen LogP contribution >= 0.6 is 0 Å². The average Bonchev–Trinajstić information content (AvgIpc) is 2.90. The predicted molar refractivity (Wildman–Crippen MR) is 86.0 cm³/mol. The van der Waals surface area contributed by atoms with Gasteiger partial charge in [0.1, 0.15) is 11.3 Å². The molecule has 0 aliphatic carbocycles. The molecule has 0 amide bonds. The van der Waals surface area contributed by atoms with E-state index in [4.69, 9.17) is 9.15 Å². The van der Waals surface area contributed by atoms with Crippen LogP contribution in [0.5, 0.6) is 5.75 Å². The molecule has 0 aliphatic rings. The van der Waals surface area contributed by atoms with Gasteiger partial charge < -0.3 is 14.5 Å². The summed E-state index contributed by atoms with van der Waals surface area (Å²) in [5.74, 6) is 0.942. The molecule has 0 saturated heterocycles. The fraction of sp³-hybridized carbons (Fsp3) is 0.222. The van der Waals surface area contributed by atoms with E-state index < -0.39 is 0 Å². The highest BCUT2D eigenvalue weighted by Crippen LogP contribution is 2.30. The van der Waals surface area contributed by atoms with Crippen molar-refractivity contribution in [2.45, 2.75) is 20.4 Å². The zero-order chi connectivity index (χ0) is 14.8. The molecule has 3 rings (SSSR count). The molecule has 0 atom stereocenters. The lowest BCUT2D eigenvalue weighted by molar-refractivity contribution is 0.409. The Kier molecular flexibility index (Phi) is 3.57. The summed E-state index contributed by atoms with van der Waals surface area (Å²) >= 11 is 0. The molecule has 0 bridgehead atoms. The maximum Gasteiger partial charge on any atom is 0.134 e. The van der Waals surface area contributed by atoms with Crippen molar-refractivity contribution >= 4 is 16.7 Å². The smallest absolute Gasteiger partial charge is 0.134 e. The number of hydrogen-bond donors (Lipinski definition) is 1. The lowest BCUT2D eigenvalue weighted by Crippen LogP contribution is -2.02. The number of ether oxygens (including phenoxy) is 1. The van der Waals surface area contributed by atoms with Crippen molar-refractivity contribution in [3.8, 4) is 5.75 Å². The van der Waals surface area contributed by atoms with Gasteiger partial charge in [0.05, 0.1) is 13.4 Å². The highest BCUT2D eigenvalue weighted by atomic mass is 16.5. The van der Waals surface area contributed by atoms with Crippen LogP contribution in [-0.2, 0) is 6.54 Å². The third-order valence-electron chi connectivity index (χ3n) is 3.84. The van der Waals surface area contributed by atoms with Gasteiger partial charge in [0.2, 0.25) is 0 Å². The van der Waals surface area contributed by atoms with E-state index in [0.717, 1.165) is 45.6 Å². The second kappa shape index (κ2) is 5.52. The van der Waals surface area contributed by atoms with E-state index in [1.54, 1.807) is 7.11 Å². The van der Waals surface area contributed by atoms with Gasteiger partial charge in [0.25, 0.3) is 0 Å². The molecule has 0 fully saturated rings. The van der Waals surface area contributed by atoms with Gasteiger partial charge in [-0.25, -0.2) is 0 Å². The third-order valence-corrected chi connectivity index (χ3v) is 3.84. The van der Waals surface area contributed by atoms with E-state index >= 15 is 0 Å². The fourth-order valence-electron chi connectivity index (χ4n) is 2.69. The van der Waals surface area contributed by atoms with Crippen molar-refractivity contribution in [3.63, 3.8) is 0 Å². The molecule has 21 heavy (non-hydrogen) atoms. The number of anilines is 1. The van der Waals surface area contributed by atoms with E-state index in [2.05, 4.69) is 37.4 Å². The van der Waals surface area contributed by atoms with Gasteiger partial charge in [-0.15, -0.1) is 0 Å². The number of methoxy groups -OCH3 is 1. The van der Waals surface area contributed by atoms with E-state index in [9.17, 15) is 0 Å². The molecule has 3 heteroatoms. The molecule has 1 N–H and O–H groups in total. The quantitative estimate of drug-likeness (QED) is 0.754. The van der Waals surface area contributed by atoms with Crippen LogP contribution in [-0.4, -0.2) is 7.11 Å². The van der Waals surface area contributed by atoms with Crippen molar-refractivity contribution < 1.29 is 9.15 Å². The Hall–Kier alpha value is -2.42. The molecule has 1 aromatic heterocycles. The molecule has 0 spiro atoms. The monoisotopic (exact) mass is 281 g/mol. The Morgan fingerprint density at radius 3 is 2.71 bits per heavy atom. The van der Waals surface area contributed by atoms with Crippen molar-refractivity contribution in [3.05, 3.63) is 59.4 Å². The lowest BCUT2D eigenvalue weighted by Gasteiger charge is -2.14. The first-order valence-corrected chi connectivity index (χ1v) is 7.04. The summed E-state index contributed by atoms with van der Waals surface area (Å²) in [5.41, 5.74) is 5.44. The second-order valence-electron chi connectivity index (χ2n) is 5.20. The number of furan rings is 1. The Bertz CT molecular complexity index is 774. The van der Waals surface area contributed by atoms with Crippen molar-refractivity contribution in [2.24, 2.45) is 0 Å². The first-order valence-electron chi connectivity index (χ1n) is 7.04. The Labute approximate surface area is 124 Å². The van der Waals surface area contributed by atoms with Crippen molar-refractivity contribution in [1.82, 2.24) is 0 Å². The molecule has 0 unspecified atom stereocenters. The number of benzene rings is 2. The summed E-state index contributed by atoms with van der Waals surface area (Å²) in [6, 6.07) is 12.2. The number of hydrogen-bond acceptors (Lipinski definition) is 3. The molecule has 108 valence electrons. The molecular formula is C18H19NO2. The van der Waals surface area contributed by atoms with Crippen LogP contribution in [0.1, 0.15) is 16.7 Å². The summed E-state index contributed by atoms with van der Waals surface area (Å²) in [5, 5.41) is 4.62. The zero-order valence-corrected chi connectivity index (χ0v) is 12.6. The molecule has 0 saturated carbocycles. The topological polar surface area (TPSA) is 34.4 Å². The normalized spacial score (nSPS) is 10.8. The van der Waals surface area contributed by atoms with Crippen molar-refractivity contribution in [2.75, 3.05) is 12.4 Å². The summed E-state index contributed by atoms with van der Waals surface area (Å²) in [4.78, 5) is 0. The predicted octanol–water partition coefficient (Wildman–Crippen LogP) is 4.67. The number of aryl methyl sites for hydroxylation is 1. The minimum absolute atomic E-state index is 0.726. The Balaban J connectivity index is 1.85. The summed E-state index contributed by atoms with van der Waals surface area (Å²) in [6.45, 7) is 4.85. The van der Waals surface area contributed by atoms with Gasteiger partial charge in [-0.2, -0.15) is 0 Å². The molecule has 2 aromatic carbocycles. The SMILES string of the molecule is COc1c(C)ccc(NCc2coc3ccccc23)c1C. The third kappa shape index (κ3) is 2.47. The molecule has 3 aromatic rings. The minimum Gasteiger partial charge on any atom is -0.496 e. The zero-order valence-electron chi connectivity index (χ0n) is 12.6. The maximum atomic E-state index is 5.57. The summed E-state index contributed by atoms with van der Waals surface area (Å²) < 4.78 is 11.0. The largest absolute Gasteiger partial charge is 0.496 e. The van der Waals surface area contributed by atoms with Gasteiger partial charge in [0, 0.05) is 28.7 Å². The Morgan fingerprint density at radius 2 is 1.90 bits per heavy atom. The van der Waals surface area contributed by atoms with Crippen LogP contribution in [0.15, 0.2) is 47.1 Å². The first kappa shape index (κ1) is 13.6. The first-order chi connectivity index (χ1) is 10.2. The van der Waals surface area contributed by atoms with Gasteiger partial charge in [-0.05, 0) is 31.5 Å². The Morgan fingerprint density at radius 1 is 1.10 bits per heavy atom. The highest BCUT2D eigenvalue weighted by Gasteiger charge is 2.09. The van der Waals surface area contributed by atoms with Crippen LogP contribution < -0.4 is 10.1 Å². The number of para-hydroxylation sites is 1. The fourth-order valence-corrected chi connectivity index (χ4v) is 2.69. The average molecular weight is 281 g/mol. The lowest BCUT2D eigenvalue weighted by atomic mass is 10.1. The van der Waals surface area contributed by atoms with E-state index in [1.165, 1.54) is 0 Å². The van der Waals surface area contributed by atoms with Crippen molar-refractivity contribution in [1.29, 1.82) is 0 Å². The van der Waals surface area contributed by atoms with Crippen LogP contribution in [0.25, 0.3) is 11.0 Å². The standard InChI is InChI=1S/C18H19NO2/c1-12-8-9-16(13(2)18(12)20-3)19-10-14-11-21-17-7-5-4-6-15(14)17/h4-9,11,19H,10H2,1-3H3. The van der Waals surface area contributed by atoms with Gasteiger partial charge in [0.15, 0.2) is 0 Å².